The Morgan fingerprint density at radius 1 is 1.11 bits per heavy atom. The van der Waals surface area contributed by atoms with Gasteiger partial charge in [-0.25, -0.2) is 4.98 Å². The average molecular weight is 391 g/mol. The van der Waals surface area contributed by atoms with Crippen molar-refractivity contribution in [3.8, 4) is 0 Å². The van der Waals surface area contributed by atoms with Crippen molar-refractivity contribution in [1.82, 2.24) is 4.98 Å². The molecule has 5 nitrogen and oxygen atoms in total. The van der Waals surface area contributed by atoms with Crippen molar-refractivity contribution >= 4 is 45.7 Å². The Morgan fingerprint density at radius 3 is 2.54 bits per heavy atom. The largest absolute Gasteiger partial charge is 0.322 e. The van der Waals surface area contributed by atoms with Gasteiger partial charge < -0.3 is 5.32 Å². The van der Waals surface area contributed by atoms with Gasteiger partial charge in [0.1, 0.15) is 0 Å². The van der Waals surface area contributed by atoms with Crippen LogP contribution in [0.4, 0.5) is 16.5 Å². The summed E-state index contributed by atoms with van der Waals surface area (Å²) in [6.45, 7) is 5.47. The molecule has 6 heteroatoms. The molecular formula is C22H21N3O2S. The molecule has 142 valence electrons. The Balaban J connectivity index is 1.72. The summed E-state index contributed by atoms with van der Waals surface area (Å²) in [6.07, 6.45) is 3.08. The zero-order valence-electron chi connectivity index (χ0n) is 16.0. The minimum atomic E-state index is -0.229. The zero-order valence-corrected chi connectivity index (χ0v) is 16.8. The maximum absolute atomic E-state index is 12.2. The Hall–Kier alpha value is -3.25. The number of thiazole rings is 1. The van der Waals surface area contributed by atoms with Crippen LogP contribution in [0.2, 0.25) is 0 Å². The van der Waals surface area contributed by atoms with Gasteiger partial charge in [-0.05, 0) is 43.7 Å². The van der Waals surface area contributed by atoms with Crippen LogP contribution in [0, 0.1) is 13.8 Å². The minimum Gasteiger partial charge on any atom is -0.322 e. The number of nitrogens with zero attached hydrogens (tertiary/aromatic N) is 2. The zero-order chi connectivity index (χ0) is 20.1. The second-order valence-corrected chi connectivity index (χ2v) is 7.22. The molecule has 0 saturated heterocycles. The molecule has 0 aliphatic rings. The summed E-state index contributed by atoms with van der Waals surface area (Å²) in [7, 11) is 0. The topological polar surface area (TPSA) is 62.3 Å². The lowest BCUT2D eigenvalue weighted by molar-refractivity contribution is -0.116. The monoisotopic (exact) mass is 391 g/mol. The molecule has 28 heavy (non-hydrogen) atoms. The molecule has 1 heterocycles. The molecular weight excluding hydrogens is 370 g/mol. The van der Waals surface area contributed by atoms with E-state index in [2.05, 4.69) is 10.3 Å². The summed E-state index contributed by atoms with van der Waals surface area (Å²) < 4.78 is 0. The molecule has 0 aliphatic heterocycles. The van der Waals surface area contributed by atoms with Crippen molar-refractivity contribution < 1.29 is 9.59 Å². The molecule has 3 aromatic rings. The van der Waals surface area contributed by atoms with Crippen LogP contribution in [-0.2, 0) is 9.59 Å². The number of carbonyl (C=O) groups excluding carboxylic acids is 2. The summed E-state index contributed by atoms with van der Waals surface area (Å²) in [5, 5.41) is 5.24. The standard InChI is InChI=1S/C22H21N3O2S/c1-15-9-11-20(16(2)13-15)24-21(27)12-10-18-14-28-22(23-18)25(17(3)26)19-7-5-4-6-8-19/h4-14H,1-3H3,(H,24,27)/b12-10+. The van der Waals surface area contributed by atoms with Crippen LogP contribution >= 0.6 is 11.3 Å². The summed E-state index contributed by atoms with van der Waals surface area (Å²) in [5.41, 5.74) is 4.32. The third kappa shape index (κ3) is 4.72. The highest BCUT2D eigenvalue weighted by atomic mass is 32.1. The number of benzene rings is 2. The first-order valence-electron chi connectivity index (χ1n) is 8.81. The summed E-state index contributed by atoms with van der Waals surface area (Å²) in [6, 6.07) is 15.2. The molecule has 0 fully saturated rings. The molecule has 0 bridgehead atoms. The lowest BCUT2D eigenvalue weighted by atomic mass is 10.1. The van der Waals surface area contributed by atoms with Gasteiger partial charge in [-0.1, -0.05) is 35.9 Å². The number of rotatable bonds is 5. The van der Waals surface area contributed by atoms with Crippen molar-refractivity contribution in [3.63, 3.8) is 0 Å². The van der Waals surface area contributed by atoms with Crippen molar-refractivity contribution in [1.29, 1.82) is 0 Å². The normalized spacial score (nSPS) is 10.8. The maximum Gasteiger partial charge on any atom is 0.248 e. The Kier molecular flexibility index (Phi) is 6.01. The molecule has 0 aliphatic carbocycles. The van der Waals surface area contributed by atoms with Crippen LogP contribution in [0.5, 0.6) is 0 Å². The lowest BCUT2D eigenvalue weighted by Gasteiger charge is -2.17. The molecule has 0 saturated carbocycles. The smallest absolute Gasteiger partial charge is 0.248 e. The number of hydrogen-bond donors (Lipinski definition) is 1. The van der Waals surface area contributed by atoms with E-state index in [1.807, 2.05) is 67.8 Å². The molecule has 1 N–H and O–H groups in total. The lowest BCUT2D eigenvalue weighted by Crippen LogP contribution is -2.22. The molecule has 0 atom stereocenters. The highest BCUT2D eigenvalue weighted by Crippen LogP contribution is 2.29. The van der Waals surface area contributed by atoms with Gasteiger partial charge in [0.15, 0.2) is 5.13 Å². The van der Waals surface area contributed by atoms with Crippen LogP contribution in [-0.4, -0.2) is 16.8 Å². The molecule has 0 radical (unpaired) electrons. The molecule has 3 rings (SSSR count). The Labute approximate surface area is 168 Å². The number of amides is 2. The van der Waals surface area contributed by atoms with E-state index in [0.29, 0.717) is 10.8 Å². The maximum atomic E-state index is 12.2. The van der Waals surface area contributed by atoms with E-state index in [9.17, 15) is 9.59 Å². The van der Waals surface area contributed by atoms with Crippen molar-refractivity contribution in [2.75, 3.05) is 10.2 Å². The Bertz CT molecular complexity index is 1030. The minimum absolute atomic E-state index is 0.122. The van der Waals surface area contributed by atoms with Gasteiger partial charge in [-0.3, -0.25) is 14.5 Å². The first kappa shape index (κ1) is 19.5. The van der Waals surface area contributed by atoms with Crippen LogP contribution in [0.1, 0.15) is 23.7 Å². The predicted molar refractivity (Wildman–Crippen MR) is 115 cm³/mol. The third-order valence-corrected chi connectivity index (χ3v) is 4.92. The number of anilines is 3. The van der Waals surface area contributed by atoms with E-state index < -0.39 is 0 Å². The second-order valence-electron chi connectivity index (χ2n) is 6.39. The number of aryl methyl sites for hydroxylation is 2. The van der Waals surface area contributed by atoms with Gasteiger partial charge in [0, 0.05) is 24.1 Å². The highest BCUT2D eigenvalue weighted by Gasteiger charge is 2.17. The van der Waals surface area contributed by atoms with Gasteiger partial charge >= 0.3 is 0 Å². The average Bonchev–Trinajstić information content (AvgIpc) is 3.11. The Morgan fingerprint density at radius 2 is 1.86 bits per heavy atom. The molecule has 0 spiro atoms. The molecule has 2 aromatic carbocycles. The fourth-order valence-electron chi connectivity index (χ4n) is 2.75. The van der Waals surface area contributed by atoms with Gasteiger partial charge in [0.05, 0.1) is 11.4 Å². The first-order chi connectivity index (χ1) is 13.4. The van der Waals surface area contributed by atoms with E-state index in [1.165, 1.54) is 24.3 Å². The van der Waals surface area contributed by atoms with Crippen LogP contribution in [0.3, 0.4) is 0 Å². The van der Waals surface area contributed by atoms with Crippen molar-refractivity contribution in [2.24, 2.45) is 0 Å². The first-order valence-corrected chi connectivity index (χ1v) is 9.69. The van der Waals surface area contributed by atoms with E-state index in [-0.39, 0.29) is 11.8 Å². The molecule has 0 unspecified atom stereocenters. The second kappa shape index (κ2) is 8.63. The van der Waals surface area contributed by atoms with E-state index >= 15 is 0 Å². The predicted octanol–water partition coefficient (Wildman–Crippen LogP) is 5.10. The van der Waals surface area contributed by atoms with Gasteiger partial charge in [-0.15, -0.1) is 11.3 Å². The SMILES string of the molecule is CC(=O)N(c1ccccc1)c1nc(/C=C/C(=O)Nc2ccc(C)cc2C)cs1. The summed E-state index contributed by atoms with van der Waals surface area (Å²) in [5.74, 6) is -0.350. The van der Waals surface area contributed by atoms with Crippen LogP contribution < -0.4 is 10.2 Å². The quantitative estimate of drug-likeness (QED) is 0.616. The van der Waals surface area contributed by atoms with Crippen molar-refractivity contribution in [2.45, 2.75) is 20.8 Å². The van der Waals surface area contributed by atoms with Crippen LogP contribution in [0.25, 0.3) is 6.08 Å². The van der Waals surface area contributed by atoms with Crippen LogP contribution in [0.15, 0.2) is 60.0 Å². The van der Waals surface area contributed by atoms with Crippen molar-refractivity contribution in [3.05, 3.63) is 76.8 Å². The molecule has 2 amide bonds. The summed E-state index contributed by atoms with van der Waals surface area (Å²) >= 11 is 1.35. The summed E-state index contributed by atoms with van der Waals surface area (Å²) in [4.78, 5) is 30.3. The van der Waals surface area contributed by atoms with E-state index in [1.54, 1.807) is 11.0 Å². The highest BCUT2D eigenvalue weighted by molar-refractivity contribution is 7.14. The number of aromatic nitrogens is 1. The van der Waals surface area contributed by atoms with Gasteiger partial charge in [0.25, 0.3) is 0 Å². The van der Waals surface area contributed by atoms with E-state index in [4.69, 9.17) is 0 Å². The van der Waals surface area contributed by atoms with Gasteiger partial charge in [0.2, 0.25) is 11.8 Å². The third-order valence-electron chi connectivity index (χ3n) is 4.08. The number of carbonyl (C=O) groups is 2. The fraction of sp³-hybridized carbons (Fsp3) is 0.136. The number of para-hydroxylation sites is 1. The fourth-order valence-corrected chi connectivity index (χ4v) is 3.60. The van der Waals surface area contributed by atoms with E-state index in [0.717, 1.165) is 22.5 Å². The van der Waals surface area contributed by atoms with Gasteiger partial charge in [-0.2, -0.15) is 0 Å². The number of hydrogen-bond acceptors (Lipinski definition) is 4. The molecule has 1 aromatic heterocycles. The number of nitrogens with one attached hydrogen (secondary N) is 1.